The van der Waals surface area contributed by atoms with E-state index in [4.69, 9.17) is 9.84 Å². The molecule has 16 heavy (non-hydrogen) atoms. The summed E-state index contributed by atoms with van der Waals surface area (Å²) < 4.78 is 5.15. The number of hydrogen-bond acceptors (Lipinski definition) is 3. The van der Waals surface area contributed by atoms with E-state index in [0.29, 0.717) is 6.54 Å². The van der Waals surface area contributed by atoms with Gasteiger partial charge in [-0.1, -0.05) is 18.2 Å². The highest BCUT2D eigenvalue weighted by atomic mass is 16.5. The Hall–Kier alpha value is -1.55. The Morgan fingerprint density at radius 3 is 2.56 bits per heavy atom. The normalized spacial score (nSPS) is 12.1. The molecule has 0 spiro atoms. The van der Waals surface area contributed by atoms with E-state index < -0.39 is 5.97 Å². The lowest BCUT2D eigenvalue weighted by Crippen LogP contribution is -2.36. The standard InChI is InChI=1S/C12H17NO3/c1-10(16-2)8-13(9-12(14)15)11-6-4-3-5-7-11/h3-7,10H,8-9H2,1-2H3,(H,14,15). The van der Waals surface area contributed by atoms with Gasteiger partial charge in [-0.05, 0) is 19.1 Å². The van der Waals surface area contributed by atoms with E-state index in [-0.39, 0.29) is 12.6 Å². The van der Waals surface area contributed by atoms with Crippen LogP contribution in [0.2, 0.25) is 0 Å². The smallest absolute Gasteiger partial charge is 0.323 e. The highest BCUT2D eigenvalue weighted by Crippen LogP contribution is 2.13. The Kier molecular flexibility index (Phi) is 4.79. The summed E-state index contributed by atoms with van der Waals surface area (Å²) in [4.78, 5) is 12.6. The fourth-order valence-electron chi connectivity index (χ4n) is 1.45. The minimum atomic E-state index is -0.841. The van der Waals surface area contributed by atoms with E-state index >= 15 is 0 Å². The Labute approximate surface area is 95.5 Å². The third-order valence-corrected chi connectivity index (χ3v) is 2.33. The first kappa shape index (κ1) is 12.5. The number of anilines is 1. The van der Waals surface area contributed by atoms with Gasteiger partial charge in [0.05, 0.1) is 6.10 Å². The summed E-state index contributed by atoms with van der Waals surface area (Å²) in [6, 6.07) is 9.47. The second-order valence-corrected chi connectivity index (χ2v) is 3.66. The number of para-hydroxylation sites is 1. The van der Waals surface area contributed by atoms with Crippen molar-refractivity contribution in [3.63, 3.8) is 0 Å². The van der Waals surface area contributed by atoms with E-state index in [9.17, 15) is 4.79 Å². The predicted molar refractivity (Wildman–Crippen MR) is 62.8 cm³/mol. The molecule has 0 radical (unpaired) electrons. The number of carboxylic acids is 1. The lowest BCUT2D eigenvalue weighted by atomic mass is 10.2. The van der Waals surface area contributed by atoms with Gasteiger partial charge in [-0.15, -0.1) is 0 Å². The summed E-state index contributed by atoms with van der Waals surface area (Å²) in [5.41, 5.74) is 0.897. The molecule has 0 saturated heterocycles. The largest absolute Gasteiger partial charge is 0.480 e. The molecule has 1 atom stereocenters. The van der Waals surface area contributed by atoms with Crippen molar-refractivity contribution in [2.45, 2.75) is 13.0 Å². The number of nitrogens with zero attached hydrogens (tertiary/aromatic N) is 1. The molecule has 88 valence electrons. The van der Waals surface area contributed by atoms with Crippen molar-refractivity contribution in [1.29, 1.82) is 0 Å². The third kappa shape index (κ3) is 3.90. The highest BCUT2D eigenvalue weighted by Gasteiger charge is 2.13. The van der Waals surface area contributed by atoms with Gasteiger partial charge in [0.15, 0.2) is 0 Å². The molecular weight excluding hydrogens is 206 g/mol. The van der Waals surface area contributed by atoms with Gasteiger partial charge >= 0.3 is 5.97 Å². The fraction of sp³-hybridized carbons (Fsp3) is 0.417. The van der Waals surface area contributed by atoms with Crippen molar-refractivity contribution >= 4 is 11.7 Å². The van der Waals surface area contributed by atoms with Crippen LogP contribution in [0.3, 0.4) is 0 Å². The zero-order chi connectivity index (χ0) is 12.0. The first-order valence-corrected chi connectivity index (χ1v) is 5.18. The Bertz CT molecular complexity index is 326. The molecule has 0 aliphatic carbocycles. The van der Waals surface area contributed by atoms with E-state index in [2.05, 4.69) is 0 Å². The number of carbonyl (C=O) groups is 1. The van der Waals surface area contributed by atoms with E-state index in [0.717, 1.165) is 5.69 Å². The fourth-order valence-corrected chi connectivity index (χ4v) is 1.45. The van der Waals surface area contributed by atoms with Crippen molar-refractivity contribution in [3.8, 4) is 0 Å². The molecule has 0 saturated carbocycles. The molecule has 1 aromatic carbocycles. The second kappa shape index (κ2) is 6.12. The first-order chi connectivity index (χ1) is 7.63. The number of benzene rings is 1. The molecule has 0 aliphatic rings. The Morgan fingerprint density at radius 2 is 2.06 bits per heavy atom. The third-order valence-electron chi connectivity index (χ3n) is 2.33. The summed E-state index contributed by atoms with van der Waals surface area (Å²) in [5, 5.41) is 8.85. The minimum absolute atomic E-state index is 0.000411. The summed E-state index contributed by atoms with van der Waals surface area (Å²) in [5.74, 6) is -0.841. The van der Waals surface area contributed by atoms with E-state index in [1.807, 2.05) is 37.3 Å². The lowest BCUT2D eigenvalue weighted by molar-refractivity contribution is -0.135. The molecule has 4 nitrogen and oxygen atoms in total. The molecule has 0 amide bonds. The van der Waals surface area contributed by atoms with Crippen LogP contribution in [0.5, 0.6) is 0 Å². The molecule has 1 aromatic rings. The van der Waals surface area contributed by atoms with Crippen molar-refractivity contribution in [2.75, 3.05) is 25.1 Å². The van der Waals surface area contributed by atoms with Crippen molar-refractivity contribution in [3.05, 3.63) is 30.3 Å². The average molecular weight is 223 g/mol. The number of aliphatic carboxylic acids is 1. The van der Waals surface area contributed by atoms with Crippen LogP contribution in [0.25, 0.3) is 0 Å². The lowest BCUT2D eigenvalue weighted by Gasteiger charge is -2.25. The van der Waals surface area contributed by atoms with Crippen molar-refractivity contribution < 1.29 is 14.6 Å². The molecule has 0 heterocycles. The number of hydrogen-bond donors (Lipinski definition) is 1. The van der Waals surface area contributed by atoms with Gasteiger partial charge in [0.25, 0.3) is 0 Å². The molecule has 1 N–H and O–H groups in total. The van der Waals surface area contributed by atoms with E-state index in [1.165, 1.54) is 0 Å². The predicted octanol–water partition coefficient (Wildman–Crippen LogP) is 1.61. The second-order valence-electron chi connectivity index (χ2n) is 3.66. The Morgan fingerprint density at radius 1 is 1.44 bits per heavy atom. The molecule has 4 heteroatoms. The zero-order valence-corrected chi connectivity index (χ0v) is 9.59. The molecule has 1 unspecified atom stereocenters. The number of carboxylic acid groups (broad SMARTS) is 1. The minimum Gasteiger partial charge on any atom is -0.480 e. The topological polar surface area (TPSA) is 49.8 Å². The number of ether oxygens (including phenoxy) is 1. The molecule has 0 fully saturated rings. The maximum atomic E-state index is 10.8. The van der Waals surface area contributed by atoms with Gasteiger partial charge in [-0.3, -0.25) is 4.79 Å². The van der Waals surface area contributed by atoms with Crippen molar-refractivity contribution in [2.24, 2.45) is 0 Å². The maximum absolute atomic E-state index is 10.8. The van der Waals surface area contributed by atoms with Gasteiger partial charge < -0.3 is 14.7 Å². The van der Waals surface area contributed by atoms with Gasteiger partial charge in [-0.2, -0.15) is 0 Å². The zero-order valence-electron chi connectivity index (χ0n) is 9.59. The van der Waals surface area contributed by atoms with Crippen LogP contribution in [0.15, 0.2) is 30.3 Å². The monoisotopic (exact) mass is 223 g/mol. The summed E-state index contributed by atoms with van der Waals surface area (Å²) in [6.45, 7) is 2.46. The quantitative estimate of drug-likeness (QED) is 0.796. The van der Waals surface area contributed by atoms with Crippen molar-refractivity contribution in [1.82, 2.24) is 0 Å². The Balaban J connectivity index is 2.75. The van der Waals surface area contributed by atoms with Gasteiger partial charge in [0, 0.05) is 19.3 Å². The van der Waals surface area contributed by atoms with Crippen LogP contribution in [-0.4, -0.2) is 37.4 Å². The highest BCUT2D eigenvalue weighted by molar-refractivity contribution is 5.73. The van der Waals surface area contributed by atoms with Crippen LogP contribution < -0.4 is 4.90 Å². The molecule has 0 aliphatic heterocycles. The number of methoxy groups -OCH3 is 1. The van der Waals surface area contributed by atoms with Crippen LogP contribution in [-0.2, 0) is 9.53 Å². The molecule has 1 rings (SSSR count). The summed E-state index contributed by atoms with van der Waals surface area (Å²) in [7, 11) is 1.62. The molecule has 0 bridgehead atoms. The summed E-state index contributed by atoms with van der Waals surface area (Å²) in [6.07, 6.45) is -0.000411. The maximum Gasteiger partial charge on any atom is 0.323 e. The van der Waals surface area contributed by atoms with E-state index in [1.54, 1.807) is 12.0 Å². The van der Waals surface area contributed by atoms with Gasteiger partial charge in [0.1, 0.15) is 6.54 Å². The summed E-state index contributed by atoms with van der Waals surface area (Å²) >= 11 is 0. The van der Waals surface area contributed by atoms with Crippen LogP contribution in [0, 0.1) is 0 Å². The van der Waals surface area contributed by atoms with Gasteiger partial charge in [-0.25, -0.2) is 0 Å². The number of rotatable bonds is 6. The molecular formula is C12H17NO3. The van der Waals surface area contributed by atoms with Crippen LogP contribution >= 0.6 is 0 Å². The average Bonchev–Trinajstić information content (AvgIpc) is 2.28. The molecule has 0 aromatic heterocycles. The van der Waals surface area contributed by atoms with Crippen LogP contribution in [0.4, 0.5) is 5.69 Å². The van der Waals surface area contributed by atoms with Crippen LogP contribution in [0.1, 0.15) is 6.92 Å². The van der Waals surface area contributed by atoms with Gasteiger partial charge in [0.2, 0.25) is 0 Å². The SMILES string of the molecule is COC(C)CN(CC(=O)O)c1ccccc1. The first-order valence-electron chi connectivity index (χ1n) is 5.18.